The molecule has 7 nitrogen and oxygen atoms in total. The molecular formula is C14H17N3O4S2. The van der Waals surface area contributed by atoms with Crippen LogP contribution in [0.2, 0.25) is 0 Å². The summed E-state index contributed by atoms with van der Waals surface area (Å²) in [5.41, 5.74) is 0.837. The number of H-pyrrole nitrogens is 1. The number of hydrogen-bond acceptors (Lipinski definition) is 6. The van der Waals surface area contributed by atoms with Crippen LogP contribution in [0.4, 0.5) is 10.6 Å². The molecule has 1 amide bonds. The number of anilines is 1. The van der Waals surface area contributed by atoms with Crippen molar-refractivity contribution in [1.82, 2.24) is 9.97 Å². The van der Waals surface area contributed by atoms with E-state index >= 15 is 0 Å². The van der Waals surface area contributed by atoms with E-state index in [1.54, 1.807) is 13.1 Å². The second-order valence-corrected chi connectivity index (χ2v) is 6.58. The van der Waals surface area contributed by atoms with Crippen LogP contribution in [0.5, 0.6) is 0 Å². The number of amides is 1. The van der Waals surface area contributed by atoms with Crippen LogP contribution in [0.3, 0.4) is 0 Å². The molecule has 2 N–H and O–H groups in total. The minimum absolute atomic E-state index is 0.139. The molecule has 0 atom stereocenters. The Kier molecular flexibility index (Phi) is 6.05. The Labute approximate surface area is 141 Å². The van der Waals surface area contributed by atoms with Crippen molar-refractivity contribution in [3.8, 4) is 0 Å². The number of unbranched alkanes of at least 4 members (excludes halogenated alkanes) is 2. The molecule has 0 spiro atoms. The van der Waals surface area contributed by atoms with Gasteiger partial charge in [-0.3, -0.25) is 9.69 Å². The number of ether oxygens (including phenoxy) is 1. The predicted molar refractivity (Wildman–Crippen MR) is 90.7 cm³/mol. The summed E-state index contributed by atoms with van der Waals surface area (Å²) >= 11 is 6.41. The lowest BCUT2D eigenvalue weighted by Crippen LogP contribution is -2.28. The zero-order valence-corrected chi connectivity index (χ0v) is 14.2. The summed E-state index contributed by atoms with van der Waals surface area (Å²) in [6.45, 7) is 0.258. The SMILES string of the molecule is CN(C(=O)OCCCCCC(=O)O)c1ccc2[nH]c(=S)sc2n1. The Morgan fingerprint density at radius 1 is 1.39 bits per heavy atom. The number of fused-ring (bicyclic) bond motifs is 1. The number of nitrogens with zero attached hydrogens (tertiary/aromatic N) is 2. The highest BCUT2D eigenvalue weighted by molar-refractivity contribution is 7.73. The van der Waals surface area contributed by atoms with Gasteiger partial charge < -0.3 is 14.8 Å². The van der Waals surface area contributed by atoms with E-state index in [2.05, 4.69) is 9.97 Å². The highest BCUT2D eigenvalue weighted by Gasteiger charge is 2.14. The molecule has 0 fully saturated rings. The van der Waals surface area contributed by atoms with Crippen molar-refractivity contribution >= 4 is 51.8 Å². The highest BCUT2D eigenvalue weighted by Crippen LogP contribution is 2.21. The lowest BCUT2D eigenvalue weighted by atomic mass is 10.2. The summed E-state index contributed by atoms with van der Waals surface area (Å²) in [6, 6.07) is 3.54. The second kappa shape index (κ2) is 8.02. The summed E-state index contributed by atoms with van der Waals surface area (Å²) in [5, 5.41) is 8.53. The number of carboxylic acid groups (broad SMARTS) is 1. The molecule has 0 unspecified atom stereocenters. The third kappa shape index (κ3) is 5.00. The maximum absolute atomic E-state index is 12.0. The molecule has 9 heteroatoms. The van der Waals surface area contributed by atoms with Gasteiger partial charge in [0.25, 0.3) is 0 Å². The molecule has 0 aliphatic carbocycles. The topological polar surface area (TPSA) is 95.5 Å². The molecule has 0 saturated heterocycles. The van der Waals surface area contributed by atoms with E-state index < -0.39 is 12.1 Å². The summed E-state index contributed by atoms with van der Waals surface area (Å²) in [4.78, 5) is 31.8. The number of aromatic nitrogens is 2. The molecule has 23 heavy (non-hydrogen) atoms. The molecule has 2 heterocycles. The van der Waals surface area contributed by atoms with Gasteiger partial charge in [0.2, 0.25) is 0 Å². The average Bonchev–Trinajstić information content (AvgIpc) is 2.88. The van der Waals surface area contributed by atoms with Crippen molar-refractivity contribution in [2.24, 2.45) is 0 Å². The molecule has 2 aromatic heterocycles. The van der Waals surface area contributed by atoms with Crippen LogP contribution in [0.15, 0.2) is 12.1 Å². The Morgan fingerprint density at radius 2 is 2.17 bits per heavy atom. The number of nitrogens with one attached hydrogen (secondary N) is 1. The molecule has 2 aromatic rings. The van der Waals surface area contributed by atoms with E-state index in [1.807, 2.05) is 6.07 Å². The van der Waals surface area contributed by atoms with Crippen molar-refractivity contribution in [3.63, 3.8) is 0 Å². The van der Waals surface area contributed by atoms with Gasteiger partial charge in [-0.05, 0) is 43.6 Å². The minimum atomic E-state index is -0.809. The first-order valence-corrected chi connectivity index (χ1v) is 8.32. The lowest BCUT2D eigenvalue weighted by molar-refractivity contribution is -0.137. The van der Waals surface area contributed by atoms with Crippen LogP contribution in [0, 0.1) is 3.95 Å². The maximum Gasteiger partial charge on any atom is 0.415 e. The van der Waals surface area contributed by atoms with E-state index in [4.69, 9.17) is 22.1 Å². The highest BCUT2D eigenvalue weighted by atomic mass is 32.1. The van der Waals surface area contributed by atoms with E-state index in [1.165, 1.54) is 16.2 Å². The average molecular weight is 355 g/mol. The van der Waals surface area contributed by atoms with E-state index in [9.17, 15) is 9.59 Å². The largest absolute Gasteiger partial charge is 0.481 e. The van der Waals surface area contributed by atoms with Crippen LogP contribution in [-0.2, 0) is 9.53 Å². The summed E-state index contributed by atoms with van der Waals surface area (Å²) in [6.07, 6.45) is 1.58. The van der Waals surface area contributed by atoms with Gasteiger partial charge in [0.05, 0.1) is 12.1 Å². The molecule has 2 rings (SSSR count). The smallest absolute Gasteiger partial charge is 0.415 e. The van der Waals surface area contributed by atoms with Crippen molar-refractivity contribution < 1.29 is 19.4 Å². The summed E-state index contributed by atoms with van der Waals surface area (Å²) in [5.74, 6) is -0.324. The van der Waals surface area contributed by atoms with Crippen LogP contribution in [-0.4, -0.2) is 40.8 Å². The van der Waals surface area contributed by atoms with Gasteiger partial charge >= 0.3 is 12.1 Å². The first-order valence-electron chi connectivity index (χ1n) is 7.09. The Balaban J connectivity index is 1.83. The number of pyridine rings is 1. The second-order valence-electron chi connectivity index (χ2n) is 4.91. The van der Waals surface area contributed by atoms with Gasteiger partial charge in [0, 0.05) is 13.5 Å². The number of rotatable bonds is 7. The number of carboxylic acids is 1. The Morgan fingerprint density at radius 3 is 2.91 bits per heavy atom. The quantitative estimate of drug-likeness (QED) is 0.582. The Bertz CT molecular complexity index is 756. The van der Waals surface area contributed by atoms with Gasteiger partial charge in [-0.1, -0.05) is 11.3 Å². The predicted octanol–water partition coefficient (Wildman–Crippen LogP) is 3.57. The lowest BCUT2D eigenvalue weighted by Gasteiger charge is -2.15. The first kappa shape index (κ1) is 17.4. The Hall–Kier alpha value is -2.00. The molecular weight excluding hydrogens is 338 g/mol. The van der Waals surface area contributed by atoms with Gasteiger partial charge in [0.1, 0.15) is 10.6 Å². The number of thiazole rings is 1. The van der Waals surface area contributed by atoms with Crippen molar-refractivity contribution in [2.75, 3.05) is 18.6 Å². The standard InChI is InChI=1S/C14H17N3O4S2/c1-17(14(20)21-8-4-2-3-5-11(18)19)10-7-6-9-12(16-10)23-13(22)15-9/h6-7H,2-5,8H2,1H3,(H,15,22)(H,18,19). The summed E-state index contributed by atoms with van der Waals surface area (Å²) < 4.78 is 5.79. The van der Waals surface area contributed by atoms with Crippen LogP contribution < -0.4 is 4.90 Å². The number of carbonyl (C=O) groups excluding carboxylic acids is 1. The molecule has 0 aromatic carbocycles. The molecule has 124 valence electrons. The van der Waals surface area contributed by atoms with Gasteiger partial charge in [-0.2, -0.15) is 0 Å². The minimum Gasteiger partial charge on any atom is -0.481 e. The zero-order valence-electron chi connectivity index (χ0n) is 12.6. The number of aliphatic carboxylic acids is 1. The van der Waals surface area contributed by atoms with Crippen molar-refractivity contribution in [2.45, 2.75) is 25.7 Å². The third-order valence-electron chi connectivity index (χ3n) is 3.15. The molecule has 0 aliphatic rings. The monoisotopic (exact) mass is 355 g/mol. The fourth-order valence-corrected chi connectivity index (χ4v) is 2.97. The normalized spacial score (nSPS) is 10.7. The number of carbonyl (C=O) groups is 2. The fraction of sp³-hybridized carbons (Fsp3) is 0.429. The van der Waals surface area contributed by atoms with E-state index in [0.717, 1.165) is 10.3 Å². The third-order valence-corrected chi connectivity index (χ3v) is 4.29. The van der Waals surface area contributed by atoms with E-state index in [-0.39, 0.29) is 13.0 Å². The number of hydrogen-bond donors (Lipinski definition) is 2. The van der Waals surface area contributed by atoms with E-state index in [0.29, 0.717) is 29.0 Å². The number of aromatic amines is 1. The first-order chi connectivity index (χ1) is 11.0. The van der Waals surface area contributed by atoms with Crippen LogP contribution in [0.1, 0.15) is 25.7 Å². The summed E-state index contributed by atoms with van der Waals surface area (Å²) in [7, 11) is 1.59. The molecule has 0 bridgehead atoms. The fourth-order valence-electron chi connectivity index (χ4n) is 1.92. The van der Waals surface area contributed by atoms with Gasteiger partial charge in [-0.25, -0.2) is 9.78 Å². The zero-order chi connectivity index (χ0) is 16.8. The maximum atomic E-state index is 12.0. The van der Waals surface area contributed by atoms with Gasteiger partial charge in [-0.15, -0.1) is 0 Å². The van der Waals surface area contributed by atoms with Gasteiger partial charge in [0.15, 0.2) is 3.95 Å². The molecule has 0 radical (unpaired) electrons. The van der Waals surface area contributed by atoms with Crippen LogP contribution in [0.25, 0.3) is 10.3 Å². The van der Waals surface area contributed by atoms with Crippen LogP contribution >= 0.6 is 23.6 Å². The molecule has 0 saturated carbocycles. The van der Waals surface area contributed by atoms with Crippen molar-refractivity contribution in [1.29, 1.82) is 0 Å². The van der Waals surface area contributed by atoms with Crippen molar-refractivity contribution in [3.05, 3.63) is 16.1 Å². The molecule has 0 aliphatic heterocycles.